The minimum Gasteiger partial charge on any atom is -0.497 e. The second-order valence-electron chi connectivity index (χ2n) is 9.60. The zero-order valence-electron chi connectivity index (χ0n) is 22.4. The molecule has 3 aromatic carbocycles. The molecule has 0 unspecified atom stereocenters. The predicted molar refractivity (Wildman–Crippen MR) is 141 cm³/mol. The molecule has 9 nitrogen and oxygen atoms in total. The summed E-state index contributed by atoms with van der Waals surface area (Å²) in [6, 6.07) is 24.8. The molecule has 0 saturated carbocycles. The highest BCUT2D eigenvalue weighted by atomic mass is 32.2. The topological polar surface area (TPSA) is 98.8 Å². The summed E-state index contributed by atoms with van der Waals surface area (Å²) in [6.45, 7) is -0.245. The van der Waals surface area contributed by atoms with E-state index >= 15 is 0 Å². The fourth-order valence-electron chi connectivity index (χ4n) is 4.63. The van der Waals surface area contributed by atoms with Gasteiger partial charge in [0.05, 0.1) is 26.9 Å². The van der Waals surface area contributed by atoms with Gasteiger partial charge >= 0.3 is 15.6 Å². The van der Waals surface area contributed by atoms with E-state index in [1.165, 1.54) is 7.11 Å². The zero-order valence-corrected chi connectivity index (χ0v) is 23.2. The molecule has 0 amide bonds. The summed E-state index contributed by atoms with van der Waals surface area (Å²) in [4.78, 5) is 0. The van der Waals surface area contributed by atoms with E-state index in [2.05, 4.69) is 4.18 Å². The summed E-state index contributed by atoms with van der Waals surface area (Å²) in [7, 11) is -4.53. The predicted octanol–water partition coefficient (Wildman–Crippen LogP) is 4.87. The monoisotopic (exact) mass is 610 g/mol. The second kappa shape index (κ2) is 13.1. The van der Waals surface area contributed by atoms with Gasteiger partial charge in [0, 0.05) is 5.56 Å². The normalized spacial score (nSPS) is 26.4. The highest BCUT2D eigenvalue weighted by Gasteiger charge is 2.56. The second-order valence-corrected chi connectivity index (χ2v) is 11.2. The van der Waals surface area contributed by atoms with Crippen molar-refractivity contribution in [2.75, 3.05) is 13.7 Å². The minimum atomic E-state index is -6.06. The number of hydrogen-bond donors (Lipinski definition) is 0. The van der Waals surface area contributed by atoms with Gasteiger partial charge in [0.25, 0.3) is 0 Å². The van der Waals surface area contributed by atoms with Crippen LogP contribution in [0.4, 0.5) is 13.2 Å². The fourth-order valence-corrected chi connectivity index (χ4v) is 5.14. The first kappa shape index (κ1) is 30.4. The molecular weight excluding hydrogens is 581 g/mol. The summed E-state index contributed by atoms with van der Waals surface area (Å²) in [5.41, 5.74) is -3.59. The highest BCUT2D eigenvalue weighted by molar-refractivity contribution is 7.87. The molecule has 0 aliphatic carbocycles. The third kappa shape index (κ3) is 7.11. The Morgan fingerprint density at radius 3 is 2.02 bits per heavy atom. The Labute approximate surface area is 241 Å². The Kier molecular flexibility index (Phi) is 9.47. The van der Waals surface area contributed by atoms with Crippen molar-refractivity contribution < 1.29 is 54.2 Å². The van der Waals surface area contributed by atoms with Gasteiger partial charge in [-0.1, -0.05) is 72.8 Å². The van der Waals surface area contributed by atoms with Crippen LogP contribution in [0.5, 0.6) is 5.75 Å². The van der Waals surface area contributed by atoms with Crippen molar-refractivity contribution in [2.24, 2.45) is 0 Å². The standard InChI is InChI=1S/C29H29F3O9S/c1-35-22-14-12-20(13-15-22)17-36-25-24-23(18-38-27(40-24)21-10-6-3-7-11-21)39-28(41-42(33,34)29(30,31)32)26(25)37-16-19-8-4-2-5-9-19/h2-15,23-28H,16-18H2,1H3/t23-,24-,25+,26+,27-,28-/m1/s1. The molecule has 0 N–H and O–H groups in total. The van der Waals surface area contributed by atoms with Crippen LogP contribution in [0.3, 0.4) is 0 Å². The maximum atomic E-state index is 13.4. The molecule has 2 fully saturated rings. The molecule has 6 atom stereocenters. The first-order valence-corrected chi connectivity index (χ1v) is 14.4. The third-order valence-electron chi connectivity index (χ3n) is 6.75. The number of ether oxygens (including phenoxy) is 6. The van der Waals surface area contributed by atoms with E-state index in [4.69, 9.17) is 28.4 Å². The Bertz CT molecular complexity index is 1390. The van der Waals surface area contributed by atoms with Crippen molar-refractivity contribution in [3.05, 3.63) is 102 Å². The van der Waals surface area contributed by atoms with Gasteiger partial charge in [0.2, 0.25) is 6.29 Å². The molecule has 2 heterocycles. The SMILES string of the molecule is COc1ccc(CO[C@@H]2[C@H](OCc3ccccc3)[C@@H](OS(=O)(=O)C(F)(F)F)O[C@@H]3CO[C@@H](c4ccccc4)O[C@@H]23)cc1. The lowest BCUT2D eigenvalue weighted by Crippen LogP contribution is -2.64. The summed E-state index contributed by atoms with van der Waals surface area (Å²) in [5.74, 6) is 0.623. The van der Waals surface area contributed by atoms with E-state index < -0.39 is 52.6 Å². The van der Waals surface area contributed by atoms with E-state index in [1.807, 2.05) is 6.07 Å². The smallest absolute Gasteiger partial charge is 0.497 e. The lowest BCUT2D eigenvalue weighted by molar-refractivity contribution is -0.361. The van der Waals surface area contributed by atoms with Crippen LogP contribution in [0.2, 0.25) is 0 Å². The molecule has 0 bridgehead atoms. The van der Waals surface area contributed by atoms with Gasteiger partial charge in [0.1, 0.15) is 30.2 Å². The van der Waals surface area contributed by atoms with E-state index in [1.54, 1.807) is 78.9 Å². The van der Waals surface area contributed by atoms with E-state index in [0.29, 0.717) is 22.4 Å². The Morgan fingerprint density at radius 1 is 0.810 bits per heavy atom. The van der Waals surface area contributed by atoms with Gasteiger partial charge in [-0.2, -0.15) is 21.6 Å². The summed E-state index contributed by atoms with van der Waals surface area (Å²) in [5, 5.41) is 0. The van der Waals surface area contributed by atoms with Gasteiger partial charge in [-0.05, 0) is 23.3 Å². The van der Waals surface area contributed by atoms with Crippen molar-refractivity contribution in [1.82, 2.24) is 0 Å². The molecule has 2 saturated heterocycles. The summed E-state index contributed by atoms with van der Waals surface area (Å²) in [6.07, 6.45) is -7.38. The third-order valence-corrected chi connectivity index (χ3v) is 7.76. The number of fused-ring (bicyclic) bond motifs is 1. The average Bonchev–Trinajstić information content (AvgIpc) is 2.99. The maximum absolute atomic E-state index is 13.4. The zero-order chi connectivity index (χ0) is 29.7. The summed E-state index contributed by atoms with van der Waals surface area (Å²) < 4.78 is 104. The van der Waals surface area contributed by atoms with Crippen LogP contribution in [-0.4, -0.2) is 58.3 Å². The van der Waals surface area contributed by atoms with Crippen molar-refractivity contribution in [1.29, 1.82) is 0 Å². The first-order chi connectivity index (χ1) is 20.1. The number of rotatable bonds is 10. The number of alkyl halides is 3. The Balaban J connectivity index is 1.47. The van der Waals surface area contributed by atoms with Crippen LogP contribution >= 0.6 is 0 Å². The van der Waals surface area contributed by atoms with Crippen LogP contribution in [0.1, 0.15) is 23.0 Å². The van der Waals surface area contributed by atoms with Gasteiger partial charge in [-0.25, -0.2) is 4.18 Å². The van der Waals surface area contributed by atoms with Gasteiger partial charge < -0.3 is 28.4 Å². The number of methoxy groups -OCH3 is 1. The molecule has 0 spiro atoms. The molecule has 0 aromatic heterocycles. The first-order valence-electron chi connectivity index (χ1n) is 13.0. The van der Waals surface area contributed by atoms with Gasteiger partial charge in [0.15, 0.2) is 6.29 Å². The minimum absolute atomic E-state index is 0.0119. The Morgan fingerprint density at radius 2 is 1.40 bits per heavy atom. The van der Waals surface area contributed by atoms with E-state index in [-0.39, 0.29) is 19.8 Å². The molecule has 0 radical (unpaired) electrons. The summed E-state index contributed by atoms with van der Waals surface area (Å²) >= 11 is 0. The van der Waals surface area contributed by atoms with Crippen LogP contribution in [0, 0.1) is 0 Å². The largest absolute Gasteiger partial charge is 0.523 e. The van der Waals surface area contributed by atoms with Gasteiger partial charge in [-0.15, -0.1) is 0 Å². The van der Waals surface area contributed by atoms with E-state index in [9.17, 15) is 21.6 Å². The quantitative estimate of drug-likeness (QED) is 0.235. The van der Waals surface area contributed by atoms with Crippen LogP contribution < -0.4 is 4.74 Å². The van der Waals surface area contributed by atoms with E-state index in [0.717, 1.165) is 0 Å². The Hall–Kier alpha value is -3.04. The maximum Gasteiger partial charge on any atom is 0.523 e. The fraction of sp³-hybridized carbons (Fsp3) is 0.379. The number of hydrogen-bond acceptors (Lipinski definition) is 9. The van der Waals surface area contributed by atoms with Gasteiger partial charge in [-0.3, -0.25) is 0 Å². The van der Waals surface area contributed by atoms with Crippen molar-refractivity contribution in [2.45, 2.75) is 55.7 Å². The lowest BCUT2D eigenvalue weighted by Gasteiger charge is -2.48. The number of halogens is 3. The molecule has 13 heteroatoms. The molecule has 2 aliphatic heterocycles. The van der Waals surface area contributed by atoms with Crippen molar-refractivity contribution >= 4 is 10.1 Å². The lowest BCUT2D eigenvalue weighted by atomic mass is 9.97. The van der Waals surface area contributed by atoms with Crippen molar-refractivity contribution in [3.8, 4) is 5.75 Å². The van der Waals surface area contributed by atoms with Crippen molar-refractivity contribution in [3.63, 3.8) is 0 Å². The molecule has 3 aromatic rings. The van der Waals surface area contributed by atoms with Crippen LogP contribution in [-0.2, 0) is 51.2 Å². The van der Waals surface area contributed by atoms with Crippen LogP contribution in [0.15, 0.2) is 84.9 Å². The highest BCUT2D eigenvalue weighted by Crippen LogP contribution is 2.39. The molecule has 2 aliphatic rings. The molecule has 226 valence electrons. The molecule has 42 heavy (non-hydrogen) atoms. The molecule has 5 rings (SSSR count). The van der Waals surface area contributed by atoms with Crippen LogP contribution in [0.25, 0.3) is 0 Å². The molecular formula is C29H29F3O9S. The average molecular weight is 611 g/mol. The number of benzene rings is 3.